The molecule has 0 bridgehead atoms. The Bertz CT molecular complexity index is 599. The monoisotopic (exact) mass is 277 g/mol. The summed E-state index contributed by atoms with van der Waals surface area (Å²) in [5.74, 6) is -0.693. The van der Waals surface area contributed by atoms with Crippen molar-refractivity contribution in [1.82, 2.24) is 36.2 Å². The quantitative estimate of drug-likeness (QED) is 0.564. The first kappa shape index (κ1) is 13.4. The van der Waals surface area contributed by atoms with E-state index in [9.17, 15) is 9.59 Å². The first-order valence-corrected chi connectivity index (χ1v) is 5.57. The molecule has 0 aliphatic rings. The lowest BCUT2D eigenvalue weighted by Crippen LogP contribution is -2.35. The van der Waals surface area contributed by atoms with Gasteiger partial charge in [0.05, 0.1) is 24.3 Å². The molecule has 0 atom stereocenters. The molecule has 104 valence electrons. The fraction of sp³-hybridized carbons (Fsp3) is 0.200. The summed E-state index contributed by atoms with van der Waals surface area (Å²) in [6.45, 7) is 0.240. The fourth-order valence-electron chi connectivity index (χ4n) is 1.36. The number of H-pyrrole nitrogens is 1. The molecule has 20 heavy (non-hydrogen) atoms. The van der Waals surface area contributed by atoms with Crippen molar-refractivity contribution in [3.63, 3.8) is 0 Å². The summed E-state index contributed by atoms with van der Waals surface area (Å²) >= 11 is 0. The molecule has 0 unspecified atom stereocenters. The zero-order valence-corrected chi connectivity index (χ0v) is 10.2. The van der Waals surface area contributed by atoms with Crippen molar-refractivity contribution >= 4 is 12.0 Å². The van der Waals surface area contributed by atoms with Crippen LogP contribution in [0.5, 0.6) is 0 Å². The number of nitrogens with one attached hydrogen (secondary N) is 3. The van der Waals surface area contributed by atoms with Crippen molar-refractivity contribution in [2.45, 2.75) is 13.1 Å². The minimum absolute atomic E-state index is 0.110. The molecule has 0 saturated heterocycles. The van der Waals surface area contributed by atoms with E-state index in [2.05, 4.69) is 36.2 Å². The molecule has 10 heteroatoms. The Morgan fingerprint density at radius 2 is 2.10 bits per heavy atom. The Labute approximate surface area is 112 Å². The van der Waals surface area contributed by atoms with Crippen molar-refractivity contribution in [3.8, 4) is 0 Å². The number of carbonyl (C=O) groups is 2. The van der Waals surface area contributed by atoms with E-state index in [0.29, 0.717) is 11.5 Å². The van der Waals surface area contributed by atoms with Crippen LogP contribution >= 0.6 is 0 Å². The zero-order valence-electron chi connectivity index (χ0n) is 10.2. The number of hydrogen-bond donors (Lipinski definition) is 4. The Hall–Kier alpha value is -3.04. The molecule has 2 aromatic rings. The van der Waals surface area contributed by atoms with Crippen LogP contribution in [0, 0.1) is 0 Å². The predicted octanol–water partition coefficient (Wildman–Crippen LogP) is -0.708. The number of amides is 2. The van der Waals surface area contributed by atoms with E-state index in [1.807, 2.05) is 0 Å². The van der Waals surface area contributed by atoms with Crippen molar-refractivity contribution in [2.75, 3.05) is 0 Å². The first-order valence-electron chi connectivity index (χ1n) is 5.57. The van der Waals surface area contributed by atoms with Crippen LogP contribution in [0.15, 0.2) is 18.3 Å². The van der Waals surface area contributed by atoms with Crippen molar-refractivity contribution in [2.24, 2.45) is 0 Å². The molecule has 0 aliphatic carbocycles. The first-order chi connectivity index (χ1) is 9.65. The SMILES string of the molecule is O=C(NCc1cc(C(=O)O)ccn1)NCc1nn[nH]n1. The minimum Gasteiger partial charge on any atom is -0.478 e. The maximum Gasteiger partial charge on any atom is 0.335 e. The van der Waals surface area contributed by atoms with E-state index in [-0.39, 0.29) is 18.7 Å². The smallest absolute Gasteiger partial charge is 0.335 e. The molecule has 2 heterocycles. The van der Waals surface area contributed by atoms with Gasteiger partial charge in [-0.05, 0) is 12.1 Å². The van der Waals surface area contributed by atoms with Crippen LogP contribution in [0.4, 0.5) is 4.79 Å². The van der Waals surface area contributed by atoms with E-state index in [4.69, 9.17) is 5.11 Å². The van der Waals surface area contributed by atoms with Gasteiger partial charge in [-0.3, -0.25) is 4.98 Å². The maximum atomic E-state index is 11.5. The van der Waals surface area contributed by atoms with Gasteiger partial charge in [0, 0.05) is 6.20 Å². The second-order valence-electron chi connectivity index (χ2n) is 3.71. The van der Waals surface area contributed by atoms with Gasteiger partial charge in [0.1, 0.15) is 0 Å². The van der Waals surface area contributed by atoms with Gasteiger partial charge < -0.3 is 15.7 Å². The van der Waals surface area contributed by atoms with Crippen LogP contribution in [0.3, 0.4) is 0 Å². The van der Waals surface area contributed by atoms with E-state index < -0.39 is 12.0 Å². The van der Waals surface area contributed by atoms with Gasteiger partial charge >= 0.3 is 12.0 Å². The van der Waals surface area contributed by atoms with Gasteiger partial charge in [-0.15, -0.1) is 10.2 Å². The molecule has 0 aromatic carbocycles. The third kappa shape index (κ3) is 3.73. The number of carbonyl (C=O) groups excluding carboxylic acids is 1. The largest absolute Gasteiger partial charge is 0.478 e. The number of pyridine rings is 1. The number of aromatic amines is 1. The number of carboxylic acids is 1. The zero-order chi connectivity index (χ0) is 14.4. The summed E-state index contributed by atoms with van der Waals surface area (Å²) in [4.78, 5) is 26.2. The molecule has 0 spiro atoms. The summed E-state index contributed by atoms with van der Waals surface area (Å²) < 4.78 is 0. The van der Waals surface area contributed by atoms with E-state index in [1.165, 1.54) is 18.3 Å². The van der Waals surface area contributed by atoms with Crippen LogP contribution < -0.4 is 10.6 Å². The fourth-order valence-corrected chi connectivity index (χ4v) is 1.36. The number of carboxylic acid groups (broad SMARTS) is 1. The molecule has 0 radical (unpaired) electrons. The van der Waals surface area contributed by atoms with Gasteiger partial charge in [-0.2, -0.15) is 5.21 Å². The van der Waals surface area contributed by atoms with Gasteiger partial charge in [0.15, 0.2) is 5.82 Å². The summed E-state index contributed by atoms with van der Waals surface area (Å²) in [6, 6.07) is 2.32. The Morgan fingerprint density at radius 1 is 1.30 bits per heavy atom. The van der Waals surface area contributed by atoms with Crippen LogP contribution in [-0.2, 0) is 13.1 Å². The van der Waals surface area contributed by atoms with Crippen LogP contribution in [0.2, 0.25) is 0 Å². The number of hydrogen-bond acceptors (Lipinski definition) is 6. The van der Waals surface area contributed by atoms with Gasteiger partial charge in [0.25, 0.3) is 0 Å². The van der Waals surface area contributed by atoms with Crippen molar-refractivity contribution in [1.29, 1.82) is 0 Å². The number of aromatic carboxylic acids is 1. The highest BCUT2D eigenvalue weighted by Gasteiger charge is 2.06. The number of tetrazole rings is 1. The third-order valence-electron chi connectivity index (χ3n) is 2.29. The van der Waals surface area contributed by atoms with Crippen LogP contribution in [0.1, 0.15) is 21.9 Å². The van der Waals surface area contributed by atoms with E-state index in [0.717, 1.165) is 0 Å². The summed E-state index contributed by atoms with van der Waals surface area (Å²) in [6.07, 6.45) is 1.37. The average molecular weight is 277 g/mol. The lowest BCUT2D eigenvalue weighted by atomic mass is 10.2. The number of urea groups is 1. The van der Waals surface area contributed by atoms with Gasteiger partial charge in [-0.25, -0.2) is 9.59 Å². The molecule has 2 rings (SSSR count). The predicted molar refractivity (Wildman–Crippen MR) is 64.4 cm³/mol. The molecule has 0 saturated carbocycles. The third-order valence-corrected chi connectivity index (χ3v) is 2.29. The van der Waals surface area contributed by atoms with Gasteiger partial charge in [0.2, 0.25) is 0 Å². The van der Waals surface area contributed by atoms with E-state index >= 15 is 0 Å². The Morgan fingerprint density at radius 3 is 2.80 bits per heavy atom. The van der Waals surface area contributed by atoms with Crippen molar-refractivity contribution < 1.29 is 14.7 Å². The molecule has 2 amide bonds. The lowest BCUT2D eigenvalue weighted by molar-refractivity contribution is 0.0696. The molecule has 0 aliphatic heterocycles. The highest BCUT2D eigenvalue weighted by Crippen LogP contribution is 2.01. The molecule has 0 fully saturated rings. The number of nitrogens with zero attached hydrogens (tertiary/aromatic N) is 4. The average Bonchev–Trinajstić information content (AvgIpc) is 2.96. The number of aromatic nitrogens is 5. The van der Waals surface area contributed by atoms with Crippen LogP contribution in [-0.4, -0.2) is 42.7 Å². The Kier molecular flexibility index (Phi) is 4.17. The van der Waals surface area contributed by atoms with Gasteiger partial charge in [-0.1, -0.05) is 5.21 Å². The van der Waals surface area contributed by atoms with Crippen LogP contribution in [0.25, 0.3) is 0 Å². The normalized spacial score (nSPS) is 10.0. The molecule has 10 nitrogen and oxygen atoms in total. The summed E-state index contributed by atoms with van der Waals surface area (Å²) in [5, 5.41) is 26.8. The highest BCUT2D eigenvalue weighted by atomic mass is 16.4. The summed E-state index contributed by atoms with van der Waals surface area (Å²) in [7, 11) is 0. The maximum absolute atomic E-state index is 11.5. The molecule has 4 N–H and O–H groups in total. The summed E-state index contributed by atoms with van der Waals surface area (Å²) in [5.41, 5.74) is 0.559. The second-order valence-corrected chi connectivity index (χ2v) is 3.71. The highest BCUT2D eigenvalue weighted by molar-refractivity contribution is 5.87. The van der Waals surface area contributed by atoms with E-state index in [1.54, 1.807) is 0 Å². The topological polar surface area (TPSA) is 146 Å². The second kappa shape index (κ2) is 6.22. The standard InChI is InChI=1S/C10H11N7O3/c18-9(19)6-1-2-11-7(3-6)4-12-10(20)13-5-8-14-16-17-15-8/h1-3H,4-5H2,(H,18,19)(H2,12,13,20)(H,14,15,16,17). The minimum atomic E-state index is -1.05. The molecule has 2 aromatic heterocycles. The molecular formula is C10H11N7O3. The Balaban J connectivity index is 1.81. The molecular weight excluding hydrogens is 266 g/mol. The number of rotatable bonds is 5. The lowest BCUT2D eigenvalue weighted by Gasteiger charge is -2.06. The van der Waals surface area contributed by atoms with Crippen molar-refractivity contribution in [3.05, 3.63) is 35.4 Å².